The van der Waals surface area contributed by atoms with Crippen LogP contribution in [0.3, 0.4) is 0 Å². The lowest BCUT2D eigenvalue weighted by molar-refractivity contribution is 0.0852. The highest BCUT2D eigenvalue weighted by Gasteiger charge is 2.27. The van der Waals surface area contributed by atoms with Crippen LogP contribution in [0.1, 0.15) is 28.6 Å². The Bertz CT molecular complexity index is 1960. The van der Waals surface area contributed by atoms with Gasteiger partial charge in [-0.15, -0.1) is 5.10 Å². The van der Waals surface area contributed by atoms with Crippen LogP contribution in [0.2, 0.25) is 0 Å². The topological polar surface area (TPSA) is 83.5 Å². The first-order chi connectivity index (χ1) is 19.0. The van der Waals surface area contributed by atoms with Crippen molar-refractivity contribution in [3.63, 3.8) is 0 Å². The summed E-state index contributed by atoms with van der Waals surface area (Å²) in [6, 6.07) is 23.7. The Hall–Kier alpha value is -4.76. The summed E-state index contributed by atoms with van der Waals surface area (Å²) in [5, 5.41) is 9.42. The summed E-state index contributed by atoms with van der Waals surface area (Å²) in [6.45, 7) is 4.41. The second-order valence-corrected chi connectivity index (χ2v) is 10.5. The van der Waals surface area contributed by atoms with Crippen molar-refractivity contribution in [2.24, 2.45) is 0 Å². The second-order valence-electron chi connectivity index (χ2n) is 9.48. The molecule has 0 saturated carbocycles. The third kappa shape index (κ3) is 4.17. The number of ether oxygens (including phenoxy) is 2. The molecule has 1 aliphatic heterocycles. The van der Waals surface area contributed by atoms with Crippen LogP contribution in [-0.4, -0.2) is 31.0 Å². The number of aryl methyl sites for hydroxylation is 2. The number of rotatable bonds is 4. The minimum Gasteiger partial charge on any atom is -0.485 e. The van der Waals surface area contributed by atoms with Crippen molar-refractivity contribution in [2.45, 2.75) is 20.0 Å². The monoisotopic (exact) mass is 533 g/mol. The molecule has 0 spiro atoms. The molecule has 3 aromatic carbocycles. The van der Waals surface area contributed by atoms with Gasteiger partial charge in [0.1, 0.15) is 12.3 Å². The molecular weight excluding hydrogens is 510 g/mol. The van der Waals surface area contributed by atoms with Gasteiger partial charge in [0, 0.05) is 17.3 Å². The van der Waals surface area contributed by atoms with Gasteiger partial charge in [0.2, 0.25) is 4.96 Å². The number of thiazole rings is 1. The molecule has 39 heavy (non-hydrogen) atoms. The first-order valence-corrected chi connectivity index (χ1v) is 13.4. The number of hydrogen-bond donors (Lipinski definition) is 0. The lowest BCUT2D eigenvalue weighted by Crippen LogP contribution is -2.26. The molecule has 3 aromatic heterocycles. The molecule has 0 saturated heterocycles. The Morgan fingerprint density at radius 3 is 2.59 bits per heavy atom. The highest BCUT2D eigenvalue weighted by Crippen LogP contribution is 2.35. The maximum atomic E-state index is 13.4. The minimum atomic E-state index is -0.487. The maximum Gasteiger partial charge on any atom is 0.291 e. The average Bonchev–Trinajstić information content (AvgIpc) is 3.65. The fourth-order valence-electron chi connectivity index (χ4n) is 4.68. The van der Waals surface area contributed by atoms with Crippen molar-refractivity contribution >= 4 is 22.4 Å². The highest BCUT2D eigenvalue weighted by molar-refractivity contribution is 7.15. The maximum absolute atomic E-state index is 13.4. The molecule has 1 atom stereocenters. The van der Waals surface area contributed by atoms with Crippen molar-refractivity contribution in [3.8, 4) is 28.4 Å². The number of aromatic nitrogens is 5. The predicted molar refractivity (Wildman–Crippen MR) is 150 cm³/mol. The number of hydrogen-bond acceptors (Lipinski definition) is 7. The van der Waals surface area contributed by atoms with E-state index in [2.05, 4.69) is 42.1 Å². The predicted octanol–water partition coefficient (Wildman–Crippen LogP) is 4.68. The molecule has 6 aromatic rings. The zero-order valence-corrected chi connectivity index (χ0v) is 22.1. The van der Waals surface area contributed by atoms with Gasteiger partial charge < -0.3 is 9.47 Å². The molecule has 1 aliphatic rings. The third-order valence-corrected chi connectivity index (χ3v) is 7.65. The third-order valence-electron chi connectivity index (χ3n) is 6.69. The summed E-state index contributed by atoms with van der Waals surface area (Å²) in [5.74, 6) is 1.75. The van der Waals surface area contributed by atoms with Gasteiger partial charge in [0.05, 0.1) is 10.2 Å². The van der Waals surface area contributed by atoms with E-state index in [0.29, 0.717) is 26.8 Å². The van der Waals surface area contributed by atoms with E-state index in [1.54, 1.807) is 0 Å². The molecule has 192 valence electrons. The summed E-state index contributed by atoms with van der Waals surface area (Å²) >= 11 is 1.29. The van der Waals surface area contributed by atoms with Crippen LogP contribution < -0.4 is 19.6 Å². The van der Waals surface area contributed by atoms with Crippen LogP contribution in [-0.2, 0) is 0 Å². The number of fused-ring (bicyclic) bond motifs is 2. The Kier molecular flexibility index (Phi) is 5.52. The van der Waals surface area contributed by atoms with Gasteiger partial charge in [0.25, 0.3) is 5.56 Å². The summed E-state index contributed by atoms with van der Waals surface area (Å²) in [6.07, 6.45) is 3.35. The summed E-state index contributed by atoms with van der Waals surface area (Å²) in [4.78, 5) is 18.5. The number of para-hydroxylation sites is 3. The van der Waals surface area contributed by atoms with Gasteiger partial charge in [-0.05, 0) is 55.8 Å². The molecule has 7 rings (SSSR count). The molecule has 0 amide bonds. The Balaban J connectivity index is 1.31. The molecule has 1 unspecified atom stereocenters. The van der Waals surface area contributed by atoms with Gasteiger partial charge in [-0.3, -0.25) is 4.79 Å². The molecule has 9 heteroatoms. The van der Waals surface area contributed by atoms with Crippen molar-refractivity contribution in [3.05, 3.63) is 116 Å². The van der Waals surface area contributed by atoms with Crippen LogP contribution in [0, 0.1) is 13.8 Å². The molecule has 0 aliphatic carbocycles. The van der Waals surface area contributed by atoms with E-state index in [4.69, 9.17) is 14.6 Å². The fraction of sp³-hybridized carbons (Fsp3) is 0.133. The van der Waals surface area contributed by atoms with Crippen LogP contribution in [0.15, 0.2) is 83.8 Å². The molecule has 0 radical (unpaired) electrons. The van der Waals surface area contributed by atoms with E-state index in [1.807, 2.05) is 71.6 Å². The zero-order chi connectivity index (χ0) is 26.5. The summed E-state index contributed by atoms with van der Waals surface area (Å²) in [5.41, 5.74) is 5.64. The van der Waals surface area contributed by atoms with E-state index in [0.717, 1.165) is 33.6 Å². The van der Waals surface area contributed by atoms with Gasteiger partial charge in [-0.25, -0.2) is 4.68 Å². The van der Waals surface area contributed by atoms with Crippen LogP contribution in [0.4, 0.5) is 0 Å². The zero-order valence-electron chi connectivity index (χ0n) is 21.2. The smallest absolute Gasteiger partial charge is 0.291 e. The SMILES string of the molecule is Cc1ccc(C)c(-c2nn(-c3ccccc3)cc2C=c2sc3nc(C4COc5ccccc5O4)nn3c2=O)c1. The largest absolute Gasteiger partial charge is 0.485 e. The standard InChI is InChI=1S/C30H23N5O3S/c1-18-12-13-19(2)22(14-18)27-20(16-34(32-27)21-8-4-3-5-9-21)15-26-29(36)35-30(39-26)31-28(33-35)25-17-37-23-10-6-7-11-24(23)38-25/h3-16,25H,17H2,1-2H3. The highest BCUT2D eigenvalue weighted by atomic mass is 32.1. The lowest BCUT2D eigenvalue weighted by atomic mass is 10.0. The summed E-state index contributed by atoms with van der Waals surface area (Å²) < 4.78 is 15.6. The van der Waals surface area contributed by atoms with Crippen molar-refractivity contribution in [2.75, 3.05) is 6.61 Å². The van der Waals surface area contributed by atoms with Crippen LogP contribution in [0.5, 0.6) is 11.5 Å². The van der Waals surface area contributed by atoms with E-state index in [9.17, 15) is 4.79 Å². The molecule has 8 nitrogen and oxygen atoms in total. The van der Waals surface area contributed by atoms with Crippen molar-refractivity contribution in [1.29, 1.82) is 0 Å². The van der Waals surface area contributed by atoms with Crippen molar-refractivity contribution < 1.29 is 9.47 Å². The molecule has 0 fully saturated rings. The number of nitrogens with zero attached hydrogens (tertiary/aromatic N) is 5. The van der Waals surface area contributed by atoms with Crippen LogP contribution in [0.25, 0.3) is 28.0 Å². The lowest BCUT2D eigenvalue weighted by Gasteiger charge is -2.24. The van der Waals surface area contributed by atoms with Crippen molar-refractivity contribution in [1.82, 2.24) is 24.4 Å². The first kappa shape index (κ1) is 23.4. The second kappa shape index (κ2) is 9.21. The minimum absolute atomic E-state index is 0.231. The average molecular weight is 534 g/mol. The first-order valence-electron chi connectivity index (χ1n) is 12.6. The normalized spacial score (nSPS) is 15.2. The number of benzene rings is 3. The Morgan fingerprint density at radius 2 is 1.77 bits per heavy atom. The van der Waals surface area contributed by atoms with E-state index in [-0.39, 0.29) is 12.2 Å². The molecular formula is C30H23N5O3S. The van der Waals surface area contributed by atoms with E-state index < -0.39 is 6.10 Å². The van der Waals surface area contributed by atoms with Crippen LogP contribution >= 0.6 is 11.3 Å². The summed E-state index contributed by atoms with van der Waals surface area (Å²) in [7, 11) is 0. The van der Waals surface area contributed by atoms with Gasteiger partial charge in [0.15, 0.2) is 23.4 Å². The molecule has 4 heterocycles. The van der Waals surface area contributed by atoms with Gasteiger partial charge in [-0.1, -0.05) is 59.4 Å². The van der Waals surface area contributed by atoms with E-state index in [1.165, 1.54) is 15.9 Å². The molecule has 0 bridgehead atoms. The van der Waals surface area contributed by atoms with Gasteiger partial charge >= 0.3 is 0 Å². The van der Waals surface area contributed by atoms with E-state index >= 15 is 0 Å². The molecule has 0 N–H and O–H groups in total. The quantitative estimate of drug-likeness (QED) is 0.327. The fourth-order valence-corrected chi connectivity index (χ4v) is 5.59. The van der Waals surface area contributed by atoms with Gasteiger partial charge in [-0.2, -0.15) is 14.6 Å². The Labute approximate surface area is 227 Å². The Morgan fingerprint density at radius 1 is 0.974 bits per heavy atom.